The van der Waals surface area contributed by atoms with Gasteiger partial charge < -0.3 is 14.8 Å². The van der Waals surface area contributed by atoms with E-state index in [2.05, 4.69) is 31.3 Å². The van der Waals surface area contributed by atoms with Crippen LogP contribution in [0.4, 0.5) is 5.69 Å². The maximum absolute atomic E-state index is 5.73. The topological polar surface area (TPSA) is 30.5 Å². The number of anilines is 1. The Balaban J connectivity index is 1.95. The molecule has 17 heavy (non-hydrogen) atoms. The van der Waals surface area contributed by atoms with E-state index >= 15 is 0 Å². The first-order chi connectivity index (χ1) is 8.17. The third kappa shape index (κ3) is 3.37. The standard InChI is InChI=1S/C14H21NO2/c1-10-8-13(9-11(2)17-10)15-12-4-6-14(16-3)7-5-12/h4-7,10-11,13,15H,8-9H2,1-3H3. The van der Waals surface area contributed by atoms with Gasteiger partial charge in [-0.1, -0.05) is 0 Å². The number of hydrogen-bond donors (Lipinski definition) is 1. The molecule has 2 atom stereocenters. The van der Waals surface area contributed by atoms with E-state index in [1.54, 1.807) is 7.11 Å². The Morgan fingerprint density at radius 1 is 1.12 bits per heavy atom. The second-order valence-electron chi connectivity index (χ2n) is 4.80. The molecule has 0 saturated carbocycles. The Labute approximate surface area is 103 Å². The van der Waals surface area contributed by atoms with Crippen LogP contribution in [0, 0.1) is 0 Å². The number of hydrogen-bond acceptors (Lipinski definition) is 3. The van der Waals surface area contributed by atoms with Crippen molar-refractivity contribution in [2.24, 2.45) is 0 Å². The van der Waals surface area contributed by atoms with E-state index in [0.29, 0.717) is 18.2 Å². The fourth-order valence-electron chi connectivity index (χ4n) is 2.45. The molecular formula is C14H21NO2. The van der Waals surface area contributed by atoms with Crippen molar-refractivity contribution in [2.75, 3.05) is 12.4 Å². The smallest absolute Gasteiger partial charge is 0.119 e. The van der Waals surface area contributed by atoms with Crippen LogP contribution in [0.5, 0.6) is 5.75 Å². The highest BCUT2D eigenvalue weighted by molar-refractivity contribution is 5.47. The highest BCUT2D eigenvalue weighted by atomic mass is 16.5. The summed E-state index contributed by atoms with van der Waals surface area (Å²) in [6.45, 7) is 4.27. The highest BCUT2D eigenvalue weighted by Gasteiger charge is 2.23. The molecule has 94 valence electrons. The third-order valence-corrected chi connectivity index (χ3v) is 3.16. The molecule has 2 unspecified atom stereocenters. The van der Waals surface area contributed by atoms with E-state index in [4.69, 9.17) is 9.47 Å². The molecule has 1 saturated heterocycles. The van der Waals surface area contributed by atoms with Gasteiger partial charge in [0.15, 0.2) is 0 Å². The Kier molecular flexibility index (Phi) is 3.89. The normalized spacial score (nSPS) is 28.8. The van der Waals surface area contributed by atoms with Crippen molar-refractivity contribution in [1.82, 2.24) is 0 Å². The Morgan fingerprint density at radius 2 is 1.71 bits per heavy atom. The SMILES string of the molecule is COc1ccc(NC2CC(C)OC(C)C2)cc1. The lowest BCUT2D eigenvalue weighted by molar-refractivity contribution is -0.0337. The lowest BCUT2D eigenvalue weighted by Crippen LogP contribution is -2.36. The van der Waals surface area contributed by atoms with Crippen LogP contribution in [0.3, 0.4) is 0 Å². The lowest BCUT2D eigenvalue weighted by atomic mass is 9.99. The molecule has 1 N–H and O–H groups in total. The zero-order valence-electron chi connectivity index (χ0n) is 10.8. The van der Waals surface area contributed by atoms with Gasteiger partial charge in [0.1, 0.15) is 5.75 Å². The van der Waals surface area contributed by atoms with Crippen molar-refractivity contribution < 1.29 is 9.47 Å². The Bertz CT molecular complexity index is 340. The van der Waals surface area contributed by atoms with Gasteiger partial charge in [-0.05, 0) is 51.0 Å². The fraction of sp³-hybridized carbons (Fsp3) is 0.571. The van der Waals surface area contributed by atoms with Gasteiger partial charge in [0.25, 0.3) is 0 Å². The van der Waals surface area contributed by atoms with Crippen LogP contribution in [-0.2, 0) is 4.74 Å². The van der Waals surface area contributed by atoms with Crippen LogP contribution in [0.25, 0.3) is 0 Å². The first-order valence-electron chi connectivity index (χ1n) is 6.23. The molecular weight excluding hydrogens is 214 g/mol. The minimum atomic E-state index is 0.342. The van der Waals surface area contributed by atoms with Crippen molar-refractivity contribution >= 4 is 5.69 Å². The van der Waals surface area contributed by atoms with Crippen molar-refractivity contribution in [1.29, 1.82) is 0 Å². The van der Waals surface area contributed by atoms with E-state index < -0.39 is 0 Å². The van der Waals surface area contributed by atoms with Gasteiger partial charge in [-0.2, -0.15) is 0 Å². The summed E-state index contributed by atoms with van der Waals surface area (Å²) in [6, 6.07) is 8.58. The molecule has 1 aliphatic rings. The second-order valence-corrected chi connectivity index (χ2v) is 4.80. The Morgan fingerprint density at radius 3 is 2.24 bits per heavy atom. The van der Waals surface area contributed by atoms with Crippen molar-refractivity contribution in [2.45, 2.75) is 44.9 Å². The first-order valence-corrected chi connectivity index (χ1v) is 6.23. The number of ether oxygens (including phenoxy) is 2. The van der Waals surface area contributed by atoms with Gasteiger partial charge >= 0.3 is 0 Å². The number of rotatable bonds is 3. The molecule has 3 nitrogen and oxygen atoms in total. The maximum atomic E-state index is 5.73. The van der Waals surface area contributed by atoms with Crippen molar-refractivity contribution in [3.8, 4) is 5.75 Å². The summed E-state index contributed by atoms with van der Waals surface area (Å²) in [4.78, 5) is 0. The van der Waals surface area contributed by atoms with Gasteiger partial charge in [-0.3, -0.25) is 0 Å². The monoisotopic (exact) mass is 235 g/mol. The largest absolute Gasteiger partial charge is 0.497 e. The van der Waals surface area contributed by atoms with Crippen molar-refractivity contribution in [3.63, 3.8) is 0 Å². The summed E-state index contributed by atoms with van der Waals surface area (Å²) in [5, 5.41) is 3.56. The molecule has 0 spiro atoms. The number of methoxy groups -OCH3 is 1. The number of nitrogens with one attached hydrogen (secondary N) is 1. The van der Waals surface area contributed by atoms with E-state index in [1.807, 2.05) is 12.1 Å². The number of benzene rings is 1. The van der Waals surface area contributed by atoms with Crippen LogP contribution >= 0.6 is 0 Å². The molecule has 1 heterocycles. The van der Waals surface area contributed by atoms with Gasteiger partial charge in [0, 0.05) is 11.7 Å². The minimum Gasteiger partial charge on any atom is -0.497 e. The summed E-state index contributed by atoms with van der Waals surface area (Å²) >= 11 is 0. The van der Waals surface area contributed by atoms with Crippen molar-refractivity contribution in [3.05, 3.63) is 24.3 Å². The average Bonchev–Trinajstić information content (AvgIpc) is 2.28. The first kappa shape index (κ1) is 12.2. The van der Waals surface area contributed by atoms with Gasteiger partial charge in [0.2, 0.25) is 0 Å². The quantitative estimate of drug-likeness (QED) is 0.873. The highest BCUT2D eigenvalue weighted by Crippen LogP contribution is 2.23. The molecule has 0 bridgehead atoms. The van der Waals surface area contributed by atoms with E-state index in [0.717, 1.165) is 24.3 Å². The van der Waals surface area contributed by atoms with E-state index in [1.165, 1.54) is 0 Å². The zero-order valence-corrected chi connectivity index (χ0v) is 10.8. The lowest BCUT2D eigenvalue weighted by Gasteiger charge is -2.33. The Hall–Kier alpha value is -1.22. The summed E-state index contributed by atoms with van der Waals surface area (Å²) in [5.74, 6) is 0.893. The average molecular weight is 235 g/mol. The molecule has 1 aromatic rings. The van der Waals surface area contributed by atoms with E-state index in [9.17, 15) is 0 Å². The maximum Gasteiger partial charge on any atom is 0.119 e. The van der Waals surface area contributed by atoms with Gasteiger partial charge in [-0.25, -0.2) is 0 Å². The molecule has 0 amide bonds. The van der Waals surface area contributed by atoms with Crippen LogP contribution in [-0.4, -0.2) is 25.4 Å². The minimum absolute atomic E-state index is 0.342. The third-order valence-electron chi connectivity index (χ3n) is 3.16. The molecule has 3 heteroatoms. The predicted molar refractivity (Wildman–Crippen MR) is 69.6 cm³/mol. The molecule has 1 fully saturated rings. The van der Waals surface area contributed by atoms with Crippen LogP contribution in [0.15, 0.2) is 24.3 Å². The fourth-order valence-corrected chi connectivity index (χ4v) is 2.45. The second kappa shape index (κ2) is 5.41. The van der Waals surface area contributed by atoms with Crippen LogP contribution in [0.2, 0.25) is 0 Å². The van der Waals surface area contributed by atoms with Gasteiger partial charge in [0.05, 0.1) is 19.3 Å². The molecule has 2 rings (SSSR count). The molecule has 0 aliphatic carbocycles. The van der Waals surface area contributed by atoms with Crippen LogP contribution in [0.1, 0.15) is 26.7 Å². The van der Waals surface area contributed by atoms with E-state index in [-0.39, 0.29) is 0 Å². The van der Waals surface area contributed by atoms with Gasteiger partial charge in [-0.15, -0.1) is 0 Å². The predicted octanol–water partition coefficient (Wildman–Crippen LogP) is 3.06. The summed E-state index contributed by atoms with van der Waals surface area (Å²) < 4.78 is 10.9. The van der Waals surface area contributed by atoms with Crippen LogP contribution < -0.4 is 10.1 Å². The molecule has 1 aromatic carbocycles. The molecule has 1 aliphatic heterocycles. The summed E-state index contributed by atoms with van der Waals surface area (Å²) in [6.07, 6.45) is 2.82. The summed E-state index contributed by atoms with van der Waals surface area (Å²) in [5.41, 5.74) is 1.15. The summed E-state index contributed by atoms with van der Waals surface area (Å²) in [7, 11) is 1.68. The zero-order chi connectivity index (χ0) is 12.3. The molecule has 0 aromatic heterocycles. The molecule has 0 radical (unpaired) electrons.